The normalized spacial score (nSPS) is 13.1. The van der Waals surface area contributed by atoms with Gasteiger partial charge in [0.25, 0.3) is 20.2 Å². The Hall–Kier alpha value is -0.250. The lowest BCUT2D eigenvalue weighted by molar-refractivity contribution is 0.199. The van der Waals surface area contributed by atoms with Gasteiger partial charge in [-0.15, -0.1) is 0 Å². The summed E-state index contributed by atoms with van der Waals surface area (Å²) in [6, 6.07) is 0. The Labute approximate surface area is 75.9 Å². The summed E-state index contributed by atoms with van der Waals surface area (Å²) in [5, 5.41) is -1.38. The maximum absolute atomic E-state index is 11.4. The van der Waals surface area contributed by atoms with Crippen LogP contribution in [0.25, 0.3) is 0 Å². The van der Waals surface area contributed by atoms with Crippen molar-refractivity contribution in [1.82, 2.24) is 0 Å². The zero-order valence-electron chi connectivity index (χ0n) is 6.77. The third-order valence-electron chi connectivity index (χ3n) is 0.810. The largest absolute Gasteiger partial charge is 0.286 e. The molecule has 0 aliphatic rings. The van der Waals surface area contributed by atoms with Crippen molar-refractivity contribution in [3.05, 3.63) is 0 Å². The van der Waals surface area contributed by atoms with Gasteiger partial charge in [0, 0.05) is 0 Å². The third-order valence-corrected chi connectivity index (χ3v) is 4.16. The summed E-state index contributed by atoms with van der Waals surface area (Å²) in [6.07, 6.45) is 0. The van der Waals surface area contributed by atoms with E-state index in [4.69, 9.17) is 0 Å². The SMILES string of the molecule is CCOS(=O)(=O)CS(=O)(=O)OCF. The van der Waals surface area contributed by atoms with Gasteiger partial charge in [-0.3, -0.25) is 4.18 Å². The molecule has 6 nitrogen and oxygen atoms in total. The van der Waals surface area contributed by atoms with E-state index in [1.54, 1.807) is 0 Å². The monoisotopic (exact) mass is 236 g/mol. The molecule has 9 heteroatoms. The van der Waals surface area contributed by atoms with Crippen LogP contribution in [0.2, 0.25) is 0 Å². The summed E-state index contributed by atoms with van der Waals surface area (Å²) in [4.78, 5) is 0. The van der Waals surface area contributed by atoms with Crippen LogP contribution >= 0.6 is 0 Å². The Morgan fingerprint density at radius 3 is 1.92 bits per heavy atom. The molecule has 0 saturated carbocycles. The van der Waals surface area contributed by atoms with Crippen molar-refractivity contribution in [2.45, 2.75) is 6.92 Å². The lowest BCUT2D eigenvalue weighted by atomic mass is 10.9. The molecule has 0 N–H and O–H groups in total. The third kappa shape index (κ3) is 5.91. The minimum Gasteiger partial charge on any atom is -0.270 e. The molecule has 0 bridgehead atoms. The Kier molecular flexibility index (Phi) is 4.75. The predicted molar refractivity (Wildman–Crippen MR) is 41.4 cm³/mol. The highest BCUT2D eigenvalue weighted by molar-refractivity contribution is 8.03. The fourth-order valence-electron chi connectivity index (χ4n) is 0.492. The Bertz CT molecular complexity index is 296. The van der Waals surface area contributed by atoms with Crippen molar-refractivity contribution in [2.75, 3.05) is 18.6 Å². The van der Waals surface area contributed by atoms with Gasteiger partial charge in [-0.05, 0) is 6.92 Å². The van der Waals surface area contributed by atoms with Gasteiger partial charge in [0.05, 0.1) is 6.61 Å². The van der Waals surface area contributed by atoms with E-state index in [1.807, 2.05) is 0 Å². The second kappa shape index (κ2) is 4.84. The topological polar surface area (TPSA) is 86.7 Å². The first-order valence-corrected chi connectivity index (χ1v) is 6.28. The molecule has 0 aromatic heterocycles. The molecule has 0 aromatic carbocycles. The summed E-state index contributed by atoms with van der Waals surface area (Å²) in [7, 11) is -8.59. The van der Waals surface area contributed by atoms with Crippen molar-refractivity contribution in [3.8, 4) is 0 Å². The van der Waals surface area contributed by atoms with E-state index in [1.165, 1.54) is 6.92 Å². The predicted octanol–water partition coefficient (Wildman–Crippen LogP) is -0.416. The van der Waals surface area contributed by atoms with Crippen LogP contribution in [-0.4, -0.2) is 35.4 Å². The molecule has 0 fully saturated rings. The van der Waals surface area contributed by atoms with Crippen molar-refractivity contribution in [3.63, 3.8) is 0 Å². The van der Waals surface area contributed by atoms with Crippen molar-refractivity contribution in [2.24, 2.45) is 0 Å². The summed E-state index contributed by atoms with van der Waals surface area (Å²) in [6.45, 7) is -0.405. The molecule has 0 spiro atoms. The van der Waals surface area contributed by atoms with E-state index >= 15 is 0 Å². The summed E-state index contributed by atoms with van der Waals surface area (Å²) >= 11 is 0. The van der Waals surface area contributed by atoms with Crippen molar-refractivity contribution >= 4 is 20.2 Å². The molecule has 0 aliphatic carbocycles. The Morgan fingerprint density at radius 2 is 1.54 bits per heavy atom. The average molecular weight is 236 g/mol. The van der Waals surface area contributed by atoms with E-state index < -0.39 is 32.2 Å². The number of hydrogen-bond donors (Lipinski definition) is 0. The molecule has 0 heterocycles. The fourth-order valence-corrected chi connectivity index (χ4v) is 2.95. The molecule has 0 saturated heterocycles. The number of hydrogen-bond acceptors (Lipinski definition) is 6. The zero-order chi connectivity index (χ0) is 10.5. The molecule has 0 radical (unpaired) electrons. The van der Waals surface area contributed by atoms with Crippen LogP contribution in [-0.2, 0) is 28.6 Å². The smallest absolute Gasteiger partial charge is 0.270 e. The standard InChI is InChI=1S/C4H9FO6S2/c1-2-10-12(6,7)4-13(8,9)11-3-5/h2-4H2,1H3. The van der Waals surface area contributed by atoms with E-state index in [2.05, 4.69) is 8.37 Å². The van der Waals surface area contributed by atoms with Crippen molar-refractivity contribution < 1.29 is 29.6 Å². The first-order chi connectivity index (χ1) is 5.83. The molecule has 0 unspecified atom stereocenters. The summed E-state index contributed by atoms with van der Waals surface area (Å²) in [5.74, 6) is 0. The summed E-state index contributed by atoms with van der Waals surface area (Å²) < 4.78 is 61.7. The fraction of sp³-hybridized carbons (Fsp3) is 1.00. The van der Waals surface area contributed by atoms with Crippen LogP contribution in [0.1, 0.15) is 6.92 Å². The van der Waals surface area contributed by atoms with Crippen LogP contribution < -0.4 is 0 Å². The van der Waals surface area contributed by atoms with Gasteiger partial charge < -0.3 is 0 Å². The van der Waals surface area contributed by atoms with Crippen LogP contribution in [0.5, 0.6) is 0 Å². The van der Waals surface area contributed by atoms with Gasteiger partial charge in [0.1, 0.15) is 0 Å². The molecule has 13 heavy (non-hydrogen) atoms. The van der Waals surface area contributed by atoms with E-state index in [0.29, 0.717) is 0 Å². The lowest BCUT2D eigenvalue weighted by Gasteiger charge is -2.02. The lowest BCUT2D eigenvalue weighted by Crippen LogP contribution is -2.20. The van der Waals surface area contributed by atoms with Gasteiger partial charge in [-0.1, -0.05) is 0 Å². The summed E-state index contributed by atoms with van der Waals surface area (Å²) in [5.41, 5.74) is 0. The first-order valence-electron chi connectivity index (χ1n) is 3.13. The molecule has 0 atom stereocenters. The van der Waals surface area contributed by atoms with E-state index in [-0.39, 0.29) is 6.61 Å². The highest BCUT2D eigenvalue weighted by atomic mass is 32.3. The second-order valence-electron chi connectivity index (χ2n) is 1.87. The van der Waals surface area contributed by atoms with Crippen LogP contribution in [0.3, 0.4) is 0 Å². The van der Waals surface area contributed by atoms with Gasteiger partial charge in [-0.2, -0.15) is 16.8 Å². The zero-order valence-corrected chi connectivity index (χ0v) is 8.40. The molecule has 0 aromatic rings. The molecule has 0 aliphatic heterocycles. The Balaban J connectivity index is 4.44. The van der Waals surface area contributed by atoms with Gasteiger partial charge in [-0.25, -0.2) is 8.57 Å². The molecule has 0 rings (SSSR count). The molecule has 0 amide bonds. The molecular formula is C4H9FO6S2. The van der Waals surface area contributed by atoms with E-state index in [0.717, 1.165) is 0 Å². The Morgan fingerprint density at radius 1 is 1.08 bits per heavy atom. The van der Waals surface area contributed by atoms with Crippen LogP contribution in [0.15, 0.2) is 0 Å². The van der Waals surface area contributed by atoms with Gasteiger partial charge >= 0.3 is 0 Å². The molecule has 80 valence electrons. The highest BCUT2D eigenvalue weighted by Crippen LogP contribution is 2.02. The van der Waals surface area contributed by atoms with E-state index in [9.17, 15) is 21.2 Å². The van der Waals surface area contributed by atoms with Crippen LogP contribution in [0, 0.1) is 0 Å². The van der Waals surface area contributed by atoms with Gasteiger partial charge in [0.2, 0.25) is 11.9 Å². The number of rotatable bonds is 6. The first kappa shape index (κ1) is 12.8. The average Bonchev–Trinajstić information content (AvgIpc) is 1.82. The van der Waals surface area contributed by atoms with Gasteiger partial charge in [0.15, 0.2) is 0 Å². The maximum atomic E-state index is 11.4. The highest BCUT2D eigenvalue weighted by Gasteiger charge is 2.23. The van der Waals surface area contributed by atoms with Crippen molar-refractivity contribution in [1.29, 1.82) is 0 Å². The molecular weight excluding hydrogens is 227 g/mol. The van der Waals surface area contributed by atoms with Crippen LogP contribution in [0.4, 0.5) is 4.39 Å². The minimum atomic E-state index is -4.40. The second-order valence-corrected chi connectivity index (χ2v) is 5.51. The minimum absolute atomic E-state index is 0.187. The maximum Gasteiger partial charge on any atom is 0.286 e. The number of alkyl halides is 1. The number of halogens is 1. The quantitative estimate of drug-likeness (QED) is 0.582.